The summed E-state index contributed by atoms with van der Waals surface area (Å²) in [4.78, 5) is 11.2. The van der Waals surface area contributed by atoms with Gasteiger partial charge in [-0.15, -0.1) is 0 Å². The average molecular weight is 260 g/mol. The molecule has 0 saturated carbocycles. The number of anilines is 1. The third kappa shape index (κ3) is 3.10. The molecule has 0 fully saturated rings. The summed E-state index contributed by atoms with van der Waals surface area (Å²) in [5.74, 6) is -0.458. The van der Waals surface area contributed by atoms with Gasteiger partial charge in [0.1, 0.15) is 5.82 Å². The van der Waals surface area contributed by atoms with Crippen LogP contribution in [0, 0.1) is 12.7 Å². The number of hydrogen-bond acceptors (Lipinski definition) is 1. The number of halogens is 2. The lowest BCUT2D eigenvalue weighted by molar-refractivity contribution is -0.115. The first-order valence-corrected chi connectivity index (χ1v) is 5.37. The fourth-order valence-corrected chi connectivity index (χ4v) is 1.39. The molecular formula is C10H11BrFNO. The van der Waals surface area contributed by atoms with Crippen molar-refractivity contribution >= 4 is 27.5 Å². The van der Waals surface area contributed by atoms with Crippen LogP contribution in [0.2, 0.25) is 0 Å². The highest BCUT2D eigenvalue weighted by Crippen LogP contribution is 2.16. The Labute approximate surface area is 90.6 Å². The molecule has 0 aliphatic rings. The molecule has 0 saturated heterocycles. The molecule has 0 aliphatic heterocycles. The largest absolute Gasteiger partial charge is 0.326 e. The third-order valence-electron chi connectivity index (χ3n) is 1.80. The van der Waals surface area contributed by atoms with Gasteiger partial charge in [0.05, 0.1) is 0 Å². The number of hydrogen-bond donors (Lipinski definition) is 1. The third-order valence-corrected chi connectivity index (χ3v) is 2.19. The Morgan fingerprint density at radius 1 is 1.57 bits per heavy atom. The van der Waals surface area contributed by atoms with Crippen molar-refractivity contribution in [3.63, 3.8) is 0 Å². The fourth-order valence-electron chi connectivity index (χ4n) is 1.03. The molecule has 1 rings (SSSR count). The van der Waals surface area contributed by atoms with Crippen molar-refractivity contribution in [1.29, 1.82) is 0 Å². The van der Waals surface area contributed by atoms with Gasteiger partial charge in [0.25, 0.3) is 0 Å². The van der Waals surface area contributed by atoms with E-state index < -0.39 is 0 Å². The number of carbonyl (C=O) groups is 1. The van der Waals surface area contributed by atoms with E-state index in [4.69, 9.17) is 0 Å². The maximum absolute atomic E-state index is 12.8. The maximum atomic E-state index is 12.8. The molecule has 14 heavy (non-hydrogen) atoms. The Hall–Kier alpha value is -0.900. The highest BCUT2D eigenvalue weighted by Gasteiger charge is 2.04. The van der Waals surface area contributed by atoms with Crippen LogP contribution in [0.15, 0.2) is 18.2 Å². The van der Waals surface area contributed by atoms with E-state index in [9.17, 15) is 9.18 Å². The molecular weight excluding hydrogens is 249 g/mol. The Morgan fingerprint density at radius 2 is 2.29 bits per heavy atom. The molecule has 0 aliphatic carbocycles. The van der Waals surface area contributed by atoms with Crippen molar-refractivity contribution in [2.24, 2.45) is 0 Å². The van der Waals surface area contributed by atoms with Gasteiger partial charge in [0.15, 0.2) is 0 Å². The van der Waals surface area contributed by atoms with Gasteiger partial charge in [0.2, 0.25) is 5.91 Å². The van der Waals surface area contributed by atoms with Gasteiger partial charge in [-0.1, -0.05) is 22.0 Å². The van der Waals surface area contributed by atoms with E-state index in [0.29, 0.717) is 17.4 Å². The van der Waals surface area contributed by atoms with Crippen LogP contribution in [0.3, 0.4) is 0 Å². The second-order valence-corrected chi connectivity index (χ2v) is 3.74. The summed E-state index contributed by atoms with van der Waals surface area (Å²) in [6.45, 7) is 1.82. The van der Waals surface area contributed by atoms with Gasteiger partial charge in [-0.05, 0) is 24.6 Å². The summed E-state index contributed by atoms with van der Waals surface area (Å²) >= 11 is 3.16. The van der Waals surface area contributed by atoms with Crippen molar-refractivity contribution in [3.05, 3.63) is 29.6 Å². The highest BCUT2D eigenvalue weighted by molar-refractivity contribution is 9.09. The van der Waals surface area contributed by atoms with E-state index in [1.54, 1.807) is 6.07 Å². The molecule has 1 aromatic rings. The summed E-state index contributed by atoms with van der Waals surface area (Å²) < 4.78 is 12.8. The molecule has 1 amide bonds. The van der Waals surface area contributed by atoms with Crippen LogP contribution >= 0.6 is 15.9 Å². The second-order valence-electron chi connectivity index (χ2n) is 2.95. The zero-order valence-electron chi connectivity index (χ0n) is 7.81. The van der Waals surface area contributed by atoms with E-state index in [2.05, 4.69) is 21.2 Å². The molecule has 4 heteroatoms. The second kappa shape index (κ2) is 5.10. The summed E-state index contributed by atoms with van der Waals surface area (Å²) in [5.41, 5.74) is 1.39. The summed E-state index contributed by atoms with van der Waals surface area (Å²) in [5, 5.41) is 3.25. The van der Waals surface area contributed by atoms with E-state index in [1.807, 2.05) is 6.92 Å². The zero-order chi connectivity index (χ0) is 10.6. The van der Waals surface area contributed by atoms with Crippen LogP contribution in [-0.2, 0) is 4.79 Å². The van der Waals surface area contributed by atoms with Crippen LogP contribution in [-0.4, -0.2) is 11.2 Å². The van der Waals surface area contributed by atoms with E-state index in [-0.39, 0.29) is 11.7 Å². The summed E-state index contributed by atoms with van der Waals surface area (Å²) in [6.07, 6.45) is 0.385. The Bertz CT molecular complexity index is 341. The first-order chi connectivity index (χ1) is 6.63. The summed E-state index contributed by atoms with van der Waals surface area (Å²) in [6, 6.07) is 4.33. The van der Waals surface area contributed by atoms with Crippen LogP contribution < -0.4 is 5.32 Å². The molecule has 0 spiro atoms. The number of rotatable bonds is 3. The first kappa shape index (κ1) is 11.2. The van der Waals surface area contributed by atoms with Gasteiger partial charge >= 0.3 is 0 Å². The normalized spacial score (nSPS) is 9.93. The minimum absolute atomic E-state index is 0.115. The molecule has 0 unspecified atom stereocenters. The van der Waals surface area contributed by atoms with Gasteiger partial charge in [0, 0.05) is 17.4 Å². The quantitative estimate of drug-likeness (QED) is 0.832. The van der Waals surface area contributed by atoms with Crippen molar-refractivity contribution < 1.29 is 9.18 Å². The Kier molecular flexibility index (Phi) is 4.07. The number of aryl methyl sites for hydroxylation is 1. The molecule has 76 valence electrons. The molecule has 0 heterocycles. The van der Waals surface area contributed by atoms with Crippen molar-refractivity contribution in [3.8, 4) is 0 Å². The molecule has 0 atom stereocenters. The van der Waals surface area contributed by atoms with E-state index >= 15 is 0 Å². The lowest BCUT2D eigenvalue weighted by Gasteiger charge is -2.07. The maximum Gasteiger partial charge on any atom is 0.225 e. The molecule has 0 aromatic heterocycles. The zero-order valence-corrected chi connectivity index (χ0v) is 9.40. The highest BCUT2D eigenvalue weighted by atomic mass is 79.9. The number of benzene rings is 1. The SMILES string of the molecule is Cc1ccc(F)cc1NC(=O)CCBr. The summed E-state index contributed by atoms with van der Waals surface area (Å²) in [7, 11) is 0. The number of carbonyl (C=O) groups excluding carboxylic acids is 1. The Morgan fingerprint density at radius 3 is 2.93 bits per heavy atom. The molecule has 1 N–H and O–H groups in total. The van der Waals surface area contributed by atoms with Crippen LogP contribution in [0.4, 0.5) is 10.1 Å². The fraction of sp³-hybridized carbons (Fsp3) is 0.300. The predicted octanol–water partition coefficient (Wildman–Crippen LogP) is 2.86. The van der Waals surface area contributed by atoms with E-state index in [0.717, 1.165) is 5.56 Å². The van der Waals surface area contributed by atoms with Crippen molar-refractivity contribution in [2.45, 2.75) is 13.3 Å². The van der Waals surface area contributed by atoms with Crippen molar-refractivity contribution in [1.82, 2.24) is 0 Å². The van der Waals surface area contributed by atoms with Crippen molar-refractivity contribution in [2.75, 3.05) is 10.6 Å². The predicted molar refractivity (Wildman–Crippen MR) is 58.2 cm³/mol. The van der Waals surface area contributed by atoms with Gasteiger partial charge in [-0.25, -0.2) is 4.39 Å². The van der Waals surface area contributed by atoms with Gasteiger partial charge in [-0.3, -0.25) is 4.79 Å². The molecule has 2 nitrogen and oxygen atoms in total. The average Bonchev–Trinajstić information content (AvgIpc) is 2.12. The van der Waals surface area contributed by atoms with Gasteiger partial charge < -0.3 is 5.32 Å². The first-order valence-electron chi connectivity index (χ1n) is 4.25. The molecule has 1 aromatic carbocycles. The minimum Gasteiger partial charge on any atom is -0.326 e. The van der Waals surface area contributed by atoms with Crippen LogP contribution in [0.25, 0.3) is 0 Å². The standard InChI is InChI=1S/C10H11BrFNO/c1-7-2-3-8(12)6-9(7)13-10(14)4-5-11/h2-3,6H,4-5H2,1H3,(H,13,14). The molecule has 0 radical (unpaired) electrons. The lowest BCUT2D eigenvalue weighted by Crippen LogP contribution is -2.12. The monoisotopic (exact) mass is 259 g/mol. The molecule has 0 bridgehead atoms. The lowest BCUT2D eigenvalue weighted by atomic mass is 10.2. The van der Waals surface area contributed by atoms with Crippen LogP contribution in [0.5, 0.6) is 0 Å². The topological polar surface area (TPSA) is 29.1 Å². The smallest absolute Gasteiger partial charge is 0.225 e. The van der Waals surface area contributed by atoms with E-state index in [1.165, 1.54) is 12.1 Å². The van der Waals surface area contributed by atoms with Crippen LogP contribution in [0.1, 0.15) is 12.0 Å². The number of alkyl halides is 1. The number of nitrogens with one attached hydrogen (secondary N) is 1. The Balaban J connectivity index is 2.75. The minimum atomic E-state index is -0.343. The number of amides is 1. The van der Waals surface area contributed by atoms with Gasteiger partial charge in [-0.2, -0.15) is 0 Å².